The fourth-order valence-electron chi connectivity index (χ4n) is 2.09. The molecule has 112 valence electrons. The normalized spacial score (nSPS) is 10.3. The van der Waals surface area contributed by atoms with E-state index in [1.54, 1.807) is 21.7 Å². The second-order valence-corrected chi connectivity index (χ2v) is 4.52. The molecular formula is C14H24N4O2. The van der Waals surface area contributed by atoms with Crippen LogP contribution in [-0.4, -0.2) is 40.9 Å². The molecule has 20 heavy (non-hydrogen) atoms. The number of nitrogens with two attached hydrogens (primary N) is 1. The van der Waals surface area contributed by atoms with E-state index in [2.05, 4.69) is 5.32 Å². The number of carbonyl (C=O) groups is 2. The van der Waals surface area contributed by atoms with Gasteiger partial charge >= 0.3 is 0 Å². The first-order valence-electron chi connectivity index (χ1n) is 7.05. The fraction of sp³-hybridized carbons (Fsp3) is 0.571. The molecule has 1 heterocycles. The average Bonchev–Trinajstić information content (AvgIpc) is 2.81. The molecule has 2 amide bonds. The van der Waals surface area contributed by atoms with Gasteiger partial charge in [-0.15, -0.1) is 0 Å². The Morgan fingerprint density at radius 2 is 1.95 bits per heavy atom. The third-order valence-electron chi connectivity index (χ3n) is 3.23. The summed E-state index contributed by atoms with van der Waals surface area (Å²) in [6.07, 6.45) is 2.05. The van der Waals surface area contributed by atoms with Crippen LogP contribution in [0.15, 0.2) is 12.3 Å². The highest BCUT2D eigenvalue weighted by molar-refractivity contribution is 5.94. The average molecular weight is 280 g/mol. The van der Waals surface area contributed by atoms with Gasteiger partial charge in [0.1, 0.15) is 5.69 Å². The van der Waals surface area contributed by atoms with Crippen LogP contribution in [0.5, 0.6) is 0 Å². The summed E-state index contributed by atoms with van der Waals surface area (Å²) in [6, 6.07) is 1.64. The van der Waals surface area contributed by atoms with E-state index in [0.29, 0.717) is 44.0 Å². The number of nitrogens with zero attached hydrogens (tertiary/aromatic N) is 2. The predicted molar refractivity (Wildman–Crippen MR) is 79.4 cm³/mol. The lowest BCUT2D eigenvalue weighted by molar-refractivity contribution is -0.130. The Balaban J connectivity index is 2.49. The van der Waals surface area contributed by atoms with Crippen molar-refractivity contribution in [2.45, 2.75) is 33.7 Å². The smallest absolute Gasteiger partial charge is 0.267 e. The summed E-state index contributed by atoms with van der Waals surface area (Å²) in [6.45, 7) is 8.23. The summed E-state index contributed by atoms with van der Waals surface area (Å²) >= 11 is 0. The van der Waals surface area contributed by atoms with Crippen molar-refractivity contribution in [2.75, 3.05) is 25.4 Å². The van der Waals surface area contributed by atoms with E-state index in [9.17, 15) is 9.59 Å². The van der Waals surface area contributed by atoms with Gasteiger partial charge in [0.05, 0.1) is 5.69 Å². The molecule has 0 saturated carbocycles. The summed E-state index contributed by atoms with van der Waals surface area (Å²) in [7, 11) is 0. The van der Waals surface area contributed by atoms with E-state index in [1.807, 2.05) is 20.8 Å². The zero-order valence-electron chi connectivity index (χ0n) is 12.5. The van der Waals surface area contributed by atoms with Crippen LogP contribution in [0.25, 0.3) is 0 Å². The standard InChI is InChI=1S/C14H24N4O2/c1-4-17(5-2)13(19)7-8-16-14(20)12-9-11(15)10-18(12)6-3/h9-10H,4-8,15H2,1-3H3,(H,16,20). The molecule has 1 rings (SSSR count). The number of hydrogen-bond acceptors (Lipinski definition) is 3. The van der Waals surface area contributed by atoms with Crippen LogP contribution in [-0.2, 0) is 11.3 Å². The molecule has 0 radical (unpaired) electrons. The third-order valence-corrected chi connectivity index (χ3v) is 3.23. The number of nitrogens with one attached hydrogen (secondary N) is 1. The molecule has 0 aliphatic heterocycles. The lowest BCUT2D eigenvalue weighted by atomic mass is 10.3. The summed E-state index contributed by atoms with van der Waals surface area (Å²) in [5.41, 5.74) is 6.78. The number of anilines is 1. The topological polar surface area (TPSA) is 80.4 Å². The van der Waals surface area contributed by atoms with Crippen LogP contribution in [0.4, 0.5) is 5.69 Å². The highest BCUT2D eigenvalue weighted by Crippen LogP contribution is 2.10. The van der Waals surface area contributed by atoms with E-state index < -0.39 is 0 Å². The molecule has 0 aromatic carbocycles. The second-order valence-electron chi connectivity index (χ2n) is 4.52. The minimum absolute atomic E-state index is 0.0562. The maximum atomic E-state index is 12.0. The Hall–Kier alpha value is -1.98. The molecule has 0 saturated heterocycles. The summed E-state index contributed by atoms with van der Waals surface area (Å²) in [4.78, 5) is 25.6. The first kappa shape index (κ1) is 16.1. The van der Waals surface area contributed by atoms with Gasteiger partial charge in [-0.2, -0.15) is 0 Å². The third kappa shape index (κ3) is 4.01. The molecule has 0 unspecified atom stereocenters. The fourth-order valence-corrected chi connectivity index (χ4v) is 2.09. The van der Waals surface area contributed by atoms with E-state index in [0.717, 1.165) is 0 Å². The van der Waals surface area contributed by atoms with Crippen molar-refractivity contribution in [3.63, 3.8) is 0 Å². The van der Waals surface area contributed by atoms with Gasteiger partial charge in [-0.25, -0.2) is 0 Å². The van der Waals surface area contributed by atoms with Crippen molar-refractivity contribution < 1.29 is 9.59 Å². The molecule has 1 aromatic rings. The first-order chi connectivity index (χ1) is 9.53. The molecule has 1 aromatic heterocycles. The van der Waals surface area contributed by atoms with Crippen molar-refractivity contribution in [3.8, 4) is 0 Å². The lowest BCUT2D eigenvalue weighted by Gasteiger charge is -2.18. The van der Waals surface area contributed by atoms with Gasteiger partial charge in [-0.05, 0) is 26.8 Å². The second kappa shape index (κ2) is 7.57. The molecule has 0 spiro atoms. The summed E-state index contributed by atoms with van der Waals surface area (Å²) in [5.74, 6) is -0.142. The zero-order chi connectivity index (χ0) is 15.1. The van der Waals surface area contributed by atoms with Crippen LogP contribution in [0.2, 0.25) is 0 Å². The highest BCUT2D eigenvalue weighted by atomic mass is 16.2. The maximum absolute atomic E-state index is 12.0. The number of aryl methyl sites for hydroxylation is 1. The van der Waals surface area contributed by atoms with Gasteiger partial charge in [0, 0.05) is 38.8 Å². The first-order valence-corrected chi connectivity index (χ1v) is 7.05. The van der Waals surface area contributed by atoms with Gasteiger partial charge in [0.15, 0.2) is 0 Å². The van der Waals surface area contributed by atoms with Gasteiger partial charge in [0.2, 0.25) is 5.91 Å². The molecule has 0 aliphatic carbocycles. The molecular weight excluding hydrogens is 256 g/mol. The molecule has 0 fully saturated rings. The van der Waals surface area contributed by atoms with Gasteiger partial charge in [0.25, 0.3) is 5.91 Å². The minimum atomic E-state index is -0.198. The van der Waals surface area contributed by atoms with Crippen LogP contribution in [0.3, 0.4) is 0 Å². The molecule has 6 nitrogen and oxygen atoms in total. The van der Waals surface area contributed by atoms with Crippen molar-refractivity contribution in [3.05, 3.63) is 18.0 Å². The maximum Gasteiger partial charge on any atom is 0.267 e. The van der Waals surface area contributed by atoms with Crippen molar-refractivity contribution in [2.24, 2.45) is 0 Å². The van der Waals surface area contributed by atoms with Gasteiger partial charge < -0.3 is 20.5 Å². The van der Waals surface area contributed by atoms with Gasteiger partial charge in [-0.3, -0.25) is 9.59 Å². The Labute approximate surface area is 119 Å². The molecule has 0 aliphatic rings. The van der Waals surface area contributed by atoms with Crippen LogP contribution >= 0.6 is 0 Å². The monoisotopic (exact) mass is 280 g/mol. The predicted octanol–water partition coefficient (Wildman–Crippen LogP) is 1.08. The van der Waals surface area contributed by atoms with Crippen molar-refractivity contribution in [1.82, 2.24) is 14.8 Å². The van der Waals surface area contributed by atoms with E-state index >= 15 is 0 Å². The van der Waals surface area contributed by atoms with E-state index in [1.165, 1.54) is 0 Å². The quantitative estimate of drug-likeness (QED) is 0.784. The number of carbonyl (C=O) groups excluding carboxylic acids is 2. The SMILES string of the molecule is CCN(CC)C(=O)CCNC(=O)c1cc(N)cn1CC. The lowest BCUT2D eigenvalue weighted by Crippen LogP contribution is -2.34. The number of rotatable bonds is 7. The largest absolute Gasteiger partial charge is 0.397 e. The zero-order valence-corrected chi connectivity index (χ0v) is 12.5. The Morgan fingerprint density at radius 3 is 2.50 bits per heavy atom. The minimum Gasteiger partial charge on any atom is -0.397 e. The molecule has 0 atom stereocenters. The highest BCUT2D eigenvalue weighted by Gasteiger charge is 2.13. The number of aromatic nitrogens is 1. The van der Waals surface area contributed by atoms with Crippen LogP contribution in [0.1, 0.15) is 37.7 Å². The molecule has 3 N–H and O–H groups in total. The van der Waals surface area contributed by atoms with Crippen molar-refractivity contribution >= 4 is 17.5 Å². The van der Waals surface area contributed by atoms with E-state index in [4.69, 9.17) is 5.73 Å². The van der Waals surface area contributed by atoms with E-state index in [-0.39, 0.29) is 11.8 Å². The summed E-state index contributed by atoms with van der Waals surface area (Å²) in [5, 5.41) is 2.76. The Morgan fingerprint density at radius 1 is 1.30 bits per heavy atom. The molecule has 0 bridgehead atoms. The number of amides is 2. The van der Waals surface area contributed by atoms with Crippen LogP contribution in [0, 0.1) is 0 Å². The summed E-state index contributed by atoms with van der Waals surface area (Å²) < 4.78 is 1.79. The van der Waals surface area contributed by atoms with Gasteiger partial charge in [-0.1, -0.05) is 0 Å². The number of hydrogen-bond donors (Lipinski definition) is 2. The number of nitrogen functional groups attached to an aromatic ring is 1. The Kier molecular flexibility index (Phi) is 6.09. The Bertz CT molecular complexity index is 464. The van der Waals surface area contributed by atoms with Crippen molar-refractivity contribution in [1.29, 1.82) is 0 Å². The van der Waals surface area contributed by atoms with Crippen LogP contribution < -0.4 is 11.1 Å². The molecule has 6 heteroatoms.